The van der Waals surface area contributed by atoms with Gasteiger partial charge in [0.1, 0.15) is 6.54 Å². The molecule has 8 nitrogen and oxygen atoms in total. The van der Waals surface area contributed by atoms with Gasteiger partial charge in [0, 0.05) is 24.0 Å². The lowest BCUT2D eigenvalue weighted by molar-refractivity contribution is -0.121. The molecule has 3 heterocycles. The van der Waals surface area contributed by atoms with Gasteiger partial charge in [-0.1, -0.05) is 12.1 Å². The van der Waals surface area contributed by atoms with Crippen LogP contribution in [0.5, 0.6) is 0 Å². The number of thiazole rings is 1. The average Bonchev–Trinajstić information content (AvgIpc) is 3.33. The van der Waals surface area contributed by atoms with Gasteiger partial charge in [-0.05, 0) is 32.0 Å². The predicted molar refractivity (Wildman–Crippen MR) is 106 cm³/mol. The van der Waals surface area contributed by atoms with Crippen molar-refractivity contribution in [3.8, 4) is 5.13 Å². The Balaban J connectivity index is 1.35. The highest BCUT2D eigenvalue weighted by Gasteiger charge is 2.13. The van der Waals surface area contributed by atoms with Crippen molar-refractivity contribution in [2.24, 2.45) is 0 Å². The van der Waals surface area contributed by atoms with E-state index < -0.39 is 5.76 Å². The van der Waals surface area contributed by atoms with E-state index in [1.807, 2.05) is 30.0 Å². The van der Waals surface area contributed by atoms with Crippen molar-refractivity contribution in [3.63, 3.8) is 0 Å². The highest BCUT2D eigenvalue weighted by Crippen LogP contribution is 2.17. The summed E-state index contributed by atoms with van der Waals surface area (Å²) in [5.41, 5.74) is 3.95. The third-order valence-electron chi connectivity index (χ3n) is 4.31. The molecule has 4 rings (SSSR count). The van der Waals surface area contributed by atoms with Crippen LogP contribution in [0.4, 0.5) is 0 Å². The zero-order valence-electron chi connectivity index (χ0n) is 15.5. The number of fused-ring (bicyclic) bond motifs is 1. The zero-order chi connectivity index (χ0) is 19.7. The zero-order valence-corrected chi connectivity index (χ0v) is 16.3. The van der Waals surface area contributed by atoms with Gasteiger partial charge in [0.05, 0.1) is 16.9 Å². The molecule has 144 valence electrons. The summed E-state index contributed by atoms with van der Waals surface area (Å²) < 4.78 is 8.29. The number of para-hydroxylation sites is 2. The number of hydrogen-bond donors (Lipinski definition) is 1. The van der Waals surface area contributed by atoms with Crippen LogP contribution in [0.25, 0.3) is 16.2 Å². The number of carbonyl (C=O) groups is 1. The van der Waals surface area contributed by atoms with Crippen LogP contribution in [-0.2, 0) is 17.8 Å². The van der Waals surface area contributed by atoms with Crippen LogP contribution in [0.3, 0.4) is 0 Å². The van der Waals surface area contributed by atoms with E-state index in [4.69, 9.17) is 4.42 Å². The van der Waals surface area contributed by atoms with E-state index >= 15 is 0 Å². The second kappa shape index (κ2) is 7.43. The first-order valence-electron chi connectivity index (χ1n) is 8.84. The van der Waals surface area contributed by atoms with Gasteiger partial charge in [0.2, 0.25) is 11.0 Å². The number of aryl methyl sites for hydroxylation is 2. The van der Waals surface area contributed by atoms with E-state index in [9.17, 15) is 9.59 Å². The van der Waals surface area contributed by atoms with E-state index in [0.29, 0.717) is 24.1 Å². The van der Waals surface area contributed by atoms with Gasteiger partial charge in [-0.3, -0.25) is 9.36 Å². The molecule has 0 radical (unpaired) electrons. The highest BCUT2D eigenvalue weighted by molar-refractivity contribution is 7.12. The molecule has 3 aromatic heterocycles. The highest BCUT2D eigenvalue weighted by atomic mass is 32.1. The maximum atomic E-state index is 12.2. The lowest BCUT2D eigenvalue weighted by Crippen LogP contribution is -2.32. The van der Waals surface area contributed by atoms with Gasteiger partial charge >= 0.3 is 5.76 Å². The Morgan fingerprint density at radius 2 is 2.11 bits per heavy atom. The number of nitrogens with one attached hydrogen (secondary N) is 1. The van der Waals surface area contributed by atoms with E-state index in [2.05, 4.69) is 15.4 Å². The first kappa shape index (κ1) is 18.2. The van der Waals surface area contributed by atoms with Crippen molar-refractivity contribution in [2.75, 3.05) is 6.54 Å². The van der Waals surface area contributed by atoms with Crippen LogP contribution in [0, 0.1) is 13.8 Å². The van der Waals surface area contributed by atoms with Crippen LogP contribution in [0.1, 0.15) is 17.1 Å². The largest absolute Gasteiger partial charge is 0.420 e. The molecule has 1 amide bonds. The molecule has 28 heavy (non-hydrogen) atoms. The van der Waals surface area contributed by atoms with Crippen molar-refractivity contribution in [1.82, 2.24) is 24.6 Å². The van der Waals surface area contributed by atoms with Gasteiger partial charge in [-0.25, -0.2) is 14.5 Å². The summed E-state index contributed by atoms with van der Waals surface area (Å²) in [6.07, 6.45) is 0.600. The lowest BCUT2D eigenvalue weighted by Gasteiger charge is -2.04. The Bertz CT molecular complexity index is 1200. The van der Waals surface area contributed by atoms with Gasteiger partial charge in [-0.15, -0.1) is 11.3 Å². The number of hydrogen-bond acceptors (Lipinski definition) is 6. The number of amides is 1. The molecule has 0 fully saturated rings. The summed E-state index contributed by atoms with van der Waals surface area (Å²) in [4.78, 5) is 28.7. The topological polar surface area (TPSA) is 95.0 Å². The number of aromatic nitrogens is 4. The molecule has 0 unspecified atom stereocenters. The molecule has 0 saturated heterocycles. The van der Waals surface area contributed by atoms with Gasteiger partial charge in [0.25, 0.3) is 0 Å². The van der Waals surface area contributed by atoms with Crippen LogP contribution < -0.4 is 11.1 Å². The fraction of sp³-hybridized carbons (Fsp3) is 0.263. The maximum absolute atomic E-state index is 12.2. The van der Waals surface area contributed by atoms with Crippen molar-refractivity contribution < 1.29 is 9.21 Å². The van der Waals surface area contributed by atoms with E-state index in [1.54, 1.807) is 24.3 Å². The normalized spacial score (nSPS) is 11.2. The molecule has 1 aromatic carbocycles. The first-order chi connectivity index (χ1) is 13.5. The molecule has 4 aromatic rings. The van der Waals surface area contributed by atoms with E-state index in [1.165, 1.54) is 15.9 Å². The van der Waals surface area contributed by atoms with Crippen LogP contribution in [0.15, 0.2) is 44.9 Å². The van der Waals surface area contributed by atoms with E-state index in [-0.39, 0.29) is 12.5 Å². The molecular formula is C19H19N5O3S. The molecule has 0 atom stereocenters. The minimum Gasteiger partial charge on any atom is -0.408 e. The quantitative estimate of drug-likeness (QED) is 0.538. The number of carbonyl (C=O) groups excluding carboxylic acids is 1. The molecule has 0 bridgehead atoms. The van der Waals surface area contributed by atoms with Crippen LogP contribution >= 0.6 is 11.3 Å². The fourth-order valence-corrected chi connectivity index (χ4v) is 3.89. The van der Waals surface area contributed by atoms with Crippen molar-refractivity contribution >= 4 is 28.3 Å². The van der Waals surface area contributed by atoms with Gasteiger partial charge in [-0.2, -0.15) is 5.10 Å². The SMILES string of the molecule is Cc1cc(C)n(-c2nc(CCNC(=O)Cn3c(=O)oc4ccccc43)cs2)n1. The van der Waals surface area contributed by atoms with Gasteiger partial charge in [0.15, 0.2) is 5.58 Å². The number of rotatable bonds is 6. The molecular weight excluding hydrogens is 378 g/mol. The summed E-state index contributed by atoms with van der Waals surface area (Å²) >= 11 is 1.51. The Morgan fingerprint density at radius 1 is 1.29 bits per heavy atom. The van der Waals surface area contributed by atoms with Crippen molar-refractivity contribution in [1.29, 1.82) is 0 Å². The third-order valence-corrected chi connectivity index (χ3v) is 5.17. The Labute approximate surface area is 164 Å². The van der Waals surface area contributed by atoms with Crippen molar-refractivity contribution in [3.05, 3.63) is 63.3 Å². The fourth-order valence-electron chi connectivity index (χ4n) is 3.02. The Hall–Kier alpha value is -3.20. The Kier molecular flexibility index (Phi) is 4.82. The molecule has 0 spiro atoms. The number of nitrogens with zero attached hydrogens (tertiary/aromatic N) is 4. The molecule has 0 saturated carbocycles. The van der Waals surface area contributed by atoms with Crippen LogP contribution in [-0.4, -0.2) is 31.8 Å². The lowest BCUT2D eigenvalue weighted by atomic mass is 10.3. The summed E-state index contributed by atoms with van der Waals surface area (Å²) in [6, 6.07) is 9.04. The first-order valence-corrected chi connectivity index (χ1v) is 9.72. The molecule has 0 aliphatic carbocycles. The second-order valence-corrected chi connectivity index (χ2v) is 7.32. The van der Waals surface area contributed by atoms with Crippen molar-refractivity contribution in [2.45, 2.75) is 26.8 Å². The monoisotopic (exact) mass is 397 g/mol. The summed E-state index contributed by atoms with van der Waals surface area (Å²) in [5, 5.41) is 10.0. The standard InChI is InChI=1S/C19H19N5O3S/c1-12-9-13(2)24(22-12)18-21-14(11-28-18)7-8-20-17(25)10-23-15-5-3-4-6-16(15)27-19(23)26/h3-6,9,11H,7-8,10H2,1-2H3,(H,20,25). The summed E-state index contributed by atoms with van der Waals surface area (Å²) in [7, 11) is 0. The van der Waals surface area contributed by atoms with Crippen LogP contribution in [0.2, 0.25) is 0 Å². The summed E-state index contributed by atoms with van der Waals surface area (Å²) in [5.74, 6) is -0.784. The maximum Gasteiger partial charge on any atom is 0.420 e. The minimum atomic E-state index is -0.537. The van der Waals surface area contributed by atoms with E-state index in [0.717, 1.165) is 22.2 Å². The number of oxazole rings is 1. The van der Waals surface area contributed by atoms with Gasteiger partial charge < -0.3 is 9.73 Å². The third kappa shape index (κ3) is 3.61. The molecule has 1 N–H and O–H groups in total. The smallest absolute Gasteiger partial charge is 0.408 e. The average molecular weight is 397 g/mol. The predicted octanol–water partition coefficient (Wildman–Crippen LogP) is 2.21. The Morgan fingerprint density at radius 3 is 2.89 bits per heavy atom. The number of benzene rings is 1. The molecule has 0 aliphatic heterocycles. The molecule has 9 heteroatoms. The second-order valence-electron chi connectivity index (χ2n) is 6.48. The minimum absolute atomic E-state index is 0.0794. The molecule has 0 aliphatic rings. The summed E-state index contributed by atoms with van der Waals surface area (Å²) in [6.45, 7) is 4.29.